The third-order valence-electron chi connectivity index (χ3n) is 2.32. The molecular formula is C13H16O4S. The SMILES string of the molecule is CC(=O)S[C@H](C(=O)O)[C@H](C)OCc1ccccc1. The number of hydrogen-bond acceptors (Lipinski definition) is 4. The Hall–Kier alpha value is -1.33. The minimum Gasteiger partial charge on any atom is -0.480 e. The molecule has 1 rings (SSSR count). The van der Waals surface area contributed by atoms with E-state index in [0.717, 1.165) is 17.3 Å². The summed E-state index contributed by atoms with van der Waals surface area (Å²) in [5.74, 6) is -1.03. The summed E-state index contributed by atoms with van der Waals surface area (Å²) in [7, 11) is 0. The molecule has 2 atom stereocenters. The Kier molecular flexibility index (Phi) is 5.88. The fraction of sp³-hybridized carbons (Fsp3) is 0.385. The van der Waals surface area contributed by atoms with Crippen molar-refractivity contribution in [1.29, 1.82) is 0 Å². The van der Waals surface area contributed by atoms with Gasteiger partial charge in [-0.2, -0.15) is 0 Å². The van der Waals surface area contributed by atoms with Gasteiger partial charge in [0.25, 0.3) is 0 Å². The van der Waals surface area contributed by atoms with Gasteiger partial charge in [-0.25, -0.2) is 0 Å². The van der Waals surface area contributed by atoms with Crippen LogP contribution < -0.4 is 0 Å². The fourth-order valence-electron chi connectivity index (χ4n) is 1.42. The van der Waals surface area contributed by atoms with Gasteiger partial charge in [-0.1, -0.05) is 42.1 Å². The second kappa shape index (κ2) is 7.18. The van der Waals surface area contributed by atoms with Gasteiger partial charge < -0.3 is 9.84 Å². The number of carbonyl (C=O) groups is 2. The van der Waals surface area contributed by atoms with Crippen molar-refractivity contribution in [1.82, 2.24) is 0 Å². The van der Waals surface area contributed by atoms with Crippen LogP contribution in [0, 0.1) is 0 Å². The van der Waals surface area contributed by atoms with Gasteiger partial charge in [-0.15, -0.1) is 0 Å². The van der Waals surface area contributed by atoms with Gasteiger partial charge in [-0.3, -0.25) is 9.59 Å². The van der Waals surface area contributed by atoms with Crippen molar-refractivity contribution >= 4 is 22.8 Å². The van der Waals surface area contributed by atoms with Gasteiger partial charge in [0.2, 0.25) is 0 Å². The largest absolute Gasteiger partial charge is 0.480 e. The molecule has 0 aliphatic rings. The molecule has 0 aliphatic heterocycles. The molecule has 0 spiro atoms. The minimum atomic E-state index is -1.03. The number of benzene rings is 1. The first-order chi connectivity index (χ1) is 8.50. The standard InChI is InChI=1S/C13H16O4S/c1-9(12(13(15)16)18-10(2)14)17-8-11-6-4-3-5-7-11/h3-7,9,12H,8H2,1-2H3,(H,15,16)/t9-,12-/m0/s1. The second-order valence-corrected chi connectivity index (χ2v) is 5.19. The van der Waals surface area contributed by atoms with Gasteiger partial charge in [0.05, 0.1) is 12.7 Å². The van der Waals surface area contributed by atoms with E-state index in [-0.39, 0.29) is 5.12 Å². The normalized spacial score (nSPS) is 13.9. The van der Waals surface area contributed by atoms with Crippen LogP contribution in [0.2, 0.25) is 0 Å². The highest BCUT2D eigenvalue weighted by Gasteiger charge is 2.27. The lowest BCUT2D eigenvalue weighted by atomic mass is 10.2. The number of rotatable bonds is 6. The Morgan fingerprint density at radius 1 is 1.33 bits per heavy atom. The monoisotopic (exact) mass is 268 g/mol. The van der Waals surface area contributed by atoms with Crippen molar-refractivity contribution in [2.75, 3.05) is 0 Å². The molecule has 0 aromatic heterocycles. The summed E-state index contributed by atoms with van der Waals surface area (Å²) in [4.78, 5) is 22.0. The number of carboxylic acid groups (broad SMARTS) is 1. The summed E-state index contributed by atoms with van der Waals surface area (Å²) in [6, 6.07) is 9.49. The molecule has 0 saturated carbocycles. The van der Waals surface area contributed by atoms with Crippen LogP contribution in [-0.4, -0.2) is 27.5 Å². The quantitative estimate of drug-likeness (QED) is 0.857. The average molecular weight is 268 g/mol. The van der Waals surface area contributed by atoms with Gasteiger partial charge in [0, 0.05) is 6.92 Å². The van der Waals surface area contributed by atoms with Crippen molar-refractivity contribution in [2.45, 2.75) is 31.8 Å². The van der Waals surface area contributed by atoms with Gasteiger partial charge in [-0.05, 0) is 12.5 Å². The van der Waals surface area contributed by atoms with Crippen LogP contribution in [0.15, 0.2) is 30.3 Å². The third-order valence-corrected chi connectivity index (χ3v) is 3.49. The molecule has 1 aromatic rings. The first-order valence-corrected chi connectivity index (χ1v) is 6.44. The lowest BCUT2D eigenvalue weighted by molar-refractivity contribution is -0.139. The number of thioether (sulfide) groups is 1. The van der Waals surface area contributed by atoms with Gasteiger partial charge in [0.15, 0.2) is 5.12 Å². The van der Waals surface area contributed by atoms with E-state index < -0.39 is 17.3 Å². The van der Waals surface area contributed by atoms with E-state index in [9.17, 15) is 9.59 Å². The summed E-state index contributed by atoms with van der Waals surface area (Å²) < 4.78 is 5.50. The van der Waals surface area contributed by atoms with Crippen molar-refractivity contribution < 1.29 is 19.4 Å². The molecule has 0 aliphatic carbocycles. The van der Waals surface area contributed by atoms with Crippen molar-refractivity contribution in [2.24, 2.45) is 0 Å². The van der Waals surface area contributed by atoms with Crippen molar-refractivity contribution in [3.63, 3.8) is 0 Å². The summed E-state index contributed by atoms with van der Waals surface area (Å²) in [6.45, 7) is 3.35. The predicted octanol–water partition coefficient (Wildman–Crippen LogP) is 2.32. The lowest BCUT2D eigenvalue weighted by Crippen LogP contribution is -2.32. The fourth-order valence-corrected chi connectivity index (χ4v) is 2.14. The van der Waals surface area contributed by atoms with Crippen LogP contribution >= 0.6 is 11.8 Å². The molecule has 0 unspecified atom stereocenters. The molecule has 4 nitrogen and oxygen atoms in total. The Morgan fingerprint density at radius 2 is 1.94 bits per heavy atom. The predicted molar refractivity (Wildman–Crippen MR) is 70.4 cm³/mol. The Balaban J connectivity index is 2.54. The zero-order valence-corrected chi connectivity index (χ0v) is 11.1. The zero-order chi connectivity index (χ0) is 13.5. The number of hydrogen-bond donors (Lipinski definition) is 1. The maximum atomic E-state index is 11.0. The number of ether oxygens (including phenoxy) is 1. The Morgan fingerprint density at radius 3 is 2.44 bits per heavy atom. The van der Waals surface area contributed by atoms with Crippen LogP contribution in [0.25, 0.3) is 0 Å². The lowest BCUT2D eigenvalue weighted by Gasteiger charge is -2.19. The molecule has 0 saturated heterocycles. The van der Waals surface area contributed by atoms with Crippen LogP contribution in [-0.2, 0) is 20.9 Å². The molecule has 1 aromatic carbocycles. The van der Waals surface area contributed by atoms with Crippen LogP contribution in [0.4, 0.5) is 0 Å². The first-order valence-electron chi connectivity index (χ1n) is 5.56. The van der Waals surface area contributed by atoms with E-state index in [1.54, 1.807) is 6.92 Å². The topological polar surface area (TPSA) is 63.6 Å². The Labute approximate surface area is 110 Å². The van der Waals surface area contributed by atoms with Crippen molar-refractivity contribution in [3.8, 4) is 0 Å². The van der Waals surface area contributed by atoms with E-state index in [1.165, 1.54) is 6.92 Å². The van der Waals surface area contributed by atoms with Crippen LogP contribution in [0.1, 0.15) is 19.4 Å². The van der Waals surface area contributed by atoms with Crippen LogP contribution in [0.3, 0.4) is 0 Å². The minimum absolute atomic E-state index is 0.224. The molecule has 18 heavy (non-hydrogen) atoms. The molecule has 5 heteroatoms. The first kappa shape index (κ1) is 14.7. The summed E-state index contributed by atoms with van der Waals surface area (Å²) in [6.07, 6.45) is -0.531. The highest BCUT2D eigenvalue weighted by Crippen LogP contribution is 2.19. The molecule has 0 radical (unpaired) electrons. The highest BCUT2D eigenvalue weighted by atomic mass is 32.2. The summed E-state index contributed by atoms with van der Waals surface area (Å²) in [5.41, 5.74) is 0.973. The molecule has 0 fully saturated rings. The number of aliphatic carboxylic acids is 1. The molecule has 98 valence electrons. The molecular weight excluding hydrogens is 252 g/mol. The summed E-state index contributed by atoms with van der Waals surface area (Å²) >= 11 is 0.787. The maximum absolute atomic E-state index is 11.0. The zero-order valence-electron chi connectivity index (χ0n) is 10.3. The Bertz CT molecular complexity index is 405. The molecule has 0 amide bonds. The molecule has 1 N–H and O–H groups in total. The van der Waals surface area contributed by atoms with E-state index in [1.807, 2.05) is 30.3 Å². The number of carboxylic acids is 1. The van der Waals surface area contributed by atoms with E-state index in [2.05, 4.69) is 0 Å². The maximum Gasteiger partial charge on any atom is 0.319 e. The summed E-state index contributed by atoms with van der Waals surface area (Å²) in [5, 5.41) is 7.94. The van der Waals surface area contributed by atoms with Gasteiger partial charge >= 0.3 is 5.97 Å². The number of carbonyl (C=O) groups excluding carboxylic acids is 1. The van der Waals surface area contributed by atoms with Crippen LogP contribution in [0.5, 0.6) is 0 Å². The molecule has 0 bridgehead atoms. The smallest absolute Gasteiger partial charge is 0.319 e. The highest BCUT2D eigenvalue weighted by molar-refractivity contribution is 8.14. The van der Waals surface area contributed by atoms with Crippen molar-refractivity contribution in [3.05, 3.63) is 35.9 Å². The molecule has 0 heterocycles. The van der Waals surface area contributed by atoms with E-state index >= 15 is 0 Å². The second-order valence-electron chi connectivity index (χ2n) is 3.87. The van der Waals surface area contributed by atoms with Gasteiger partial charge in [0.1, 0.15) is 5.25 Å². The third kappa shape index (κ3) is 4.89. The van der Waals surface area contributed by atoms with E-state index in [4.69, 9.17) is 9.84 Å². The average Bonchev–Trinajstić information content (AvgIpc) is 2.34. The van der Waals surface area contributed by atoms with E-state index in [0.29, 0.717) is 6.61 Å².